The first-order valence-corrected chi connectivity index (χ1v) is 11.6. The fraction of sp³-hybridized carbons (Fsp3) is 0.333. The molecule has 0 aromatic heterocycles. The van der Waals surface area contributed by atoms with Gasteiger partial charge in [0.25, 0.3) is 6.43 Å². The first kappa shape index (κ1) is 23.4. The monoisotopic (exact) mass is 527 g/mol. The standard InChI is InChI=1S/C21H20ClF2N5O5S/c1-30-15-7-12(8-16(31-2)17(15)32-3)28-26-18(11-4-5-13-14(6-11)34-10-33-13)27-29(28)20-25-21(22,9-35-20)19(23)24/h4-8,19H,9-10H2,1-3H3,(H,26,27). The summed E-state index contributed by atoms with van der Waals surface area (Å²) in [5, 5.41) is 7.75. The summed E-state index contributed by atoms with van der Waals surface area (Å²) >= 11 is 7.14. The number of halogens is 3. The largest absolute Gasteiger partial charge is 0.493 e. The summed E-state index contributed by atoms with van der Waals surface area (Å²) < 4.78 is 54.3. The van der Waals surface area contributed by atoms with Gasteiger partial charge in [0.15, 0.2) is 28.8 Å². The summed E-state index contributed by atoms with van der Waals surface area (Å²) in [6.07, 6.45) is -2.85. The number of methoxy groups -OCH3 is 3. The number of fused-ring (bicyclic) bond motifs is 1. The van der Waals surface area contributed by atoms with Crippen LogP contribution in [0.25, 0.3) is 0 Å². The van der Waals surface area contributed by atoms with Crippen LogP contribution in [0.2, 0.25) is 0 Å². The molecule has 1 N–H and O–H groups in total. The second-order valence-corrected chi connectivity index (χ2v) is 9.01. The van der Waals surface area contributed by atoms with Crippen LogP contribution in [0.1, 0.15) is 5.56 Å². The maximum atomic E-state index is 13.5. The highest BCUT2D eigenvalue weighted by Crippen LogP contribution is 2.43. The van der Waals surface area contributed by atoms with E-state index in [0.29, 0.717) is 45.8 Å². The molecule has 5 rings (SSSR count). The summed E-state index contributed by atoms with van der Waals surface area (Å²) in [5.74, 6) is 2.64. The van der Waals surface area contributed by atoms with Crippen molar-refractivity contribution in [2.45, 2.75) is 11.4 Å². The molecule has 35 heavy (non-hydrogen) atoms. The van der Waals surface area contributed by atoms with Crippen molar-refractivity contribution >= 4 is 40.1 Å². The van der Waals surface area contributed by atoms with E-state index in [0.717, 1.165) is 11.8 Å². The van der Waals surface area contributed by atoms with Gasteiger partial charge >= 0.3 is 0 Å². The Kier molecular flexibility index (Phi) is 6.05. The summed E-state index contributed by atoms with van der Waals surface area (Å²) in [6.45, 7) is 0.126. The number of nitrogens with one attached hydrogen (secondary N) is 1. The zero-order valence-electron chi connectivity index (χ0n) is 18.8. The number of aliphatic imine (C=N–C) groups is 1. The fourth-order valence-electron chi connectivity index (χ4n) is 3.57. The van der Waals surface area contributed by atoms with Crippen LogP contribution in [0, 0.1) is 0 Å². The maximum absolute atomic E-state index is 13.5. The van der Waals surface area contributed by atoms with E-state index in [2.05, 4.69) is 15.5 Å². The number of amidine groups is 2. The highest BCUT2D eigenvalue weighted by Gasteiger charge is 2.46. The van der Waals surface area contributed by atoms with E-state index in [1.54, 1.807) is 30.3 Å². The van der Waals surface area contributed by atoms with Crippen molar-refractivity contribution in [1.82, 2.24) is 10.5 Å². The van der Waals surface area contributed by atoms with Gasteiger partial charge in [-0.3, -0.25) is 5.43 Å². The number of nitrogens with zero attached hydrogens (tertiary/aromatic N) is 4. The van der Waals surface area contributed by atoms with Crippen molar-refractivity contribution in [2.75, 3.05) is 39.0 Å². The molecule has 0 radical (unpaired) electrons. The van der Waals surface area contributed by atoms with Gasteiger partial charge in [-0.1, -0.05) is 23.4 Å². The van der Waals surface area contributed by atoms with Gasteiger partial charge in [-0.25, -0.2) is 13.8 Å². The number of hydrazone groups is 1. The van der Waals surface area contributed by atoms with Crippen molar-refractivity contribution in [2.24, 2.45) is 10.1 Å². The predicted molar refractivity (Wildman–Crippen MR) is 127 cm³/mol. The molecular weight excluding hydrogens is 508 g/mol. The topological polar surface area (TPSA) is 89.4 Å². The van der Waals surface area contributed by atoms with E-state index < -0.39 is 11.4 Å². The van der Waals surface area contributed by atoms with Gasteiger partial charge < -0.3 is 23.7 Å². The van der Waals surface area contributed by atoms with Crippen LogP contribution in [0.15, 0.2) is 40.4 Å². The van der Waals surface area contributed by atoms with Crippen LogP contribution >= 0.6 is 23.4 Å². The first-order chi connectivity index (χ1) is 16.9. The molecule has 186 valence electrons. The van der Waals surface area contributed by atoms with E-state index in [1.807, 2.05) is 0 Å². The van der Waals surface area contributed by atoms with Crippen molar-refractivity contribution in [3.05, 3.63) is 35.9 Å². The molecule has 0 bridgehead atoms. The molecule has 0 amide bonds. The number of hydrazine groups is 2. The van der Waals surface area contributed by atoms with Gasteiger partial charge in [0.2, 0.25) is 22.7 Å². The second kappa shape index (κ2) is 9.04. The Labute approximate surface area is 208 Å². The van der Waals surface area contributed by atoms with Gasteiger partial charge in [-0.2, -0.15) is 0 Å². The molecule has 1 atom stereocenters. The Hall–Kier alpha value is -3.32. The lowest BCUT2D eigenvalue weighted by Crippen LogP contribution is -2.47. The fourth-order valence-corrected chi connectivity index (χ4v) is 4.86. The highest BCUT2D eigenvalue weighted by molar-refractivity contribution is 8.14. The Balaban J connectivity index is 1.58. The zero-order chi connectivity index (χ0) is 24.7. The maximum Gasteiger partial charge on any atom is 0.277 e. The molecule has 0 aliphatic carbocycles. The molecule has 2 aromatic carbocycles. The highest BCUT2D eigenvalue weighted by atomic mass is 35.5. The number of rotatable bonds is 6. The minimum atomic E-state index is -2.85. The quantitative estimate of drug-likeness (QED) is 0.446. The van der Waals surface area contributed by atoms with Gasteiger partial charge in [-0.15, -0.1) is 15.3 Å². The van der Waals surface area contributed by atoms with Gasteiger partial charge in [0, 0.05) is 23.4 Å². The molecule has 3 aliphatic rings. The van der Waals surface area contributed by atoms with Gasteiger partial charge in [-0.05, 0) is 18.2 Å². The van der Waals surface area contributed by atoms with E-state index in [-0.39, 0.29) is 17.7 Å². The normalized spacial score (nSPS) is 20.7. The predicted octanol–water partition coefficient (Wildman–Crippen LogP) is 3.65. The average molecular weight is 528 g/mol. The SMILES string of the molecule is COc1cc(N2N=C(c3ccc4c(c3)OCO4)NN2C2=NC(Cl)(C(F)F)CS2)cc(OC)c1OC. The third-order valence-electron chi connectivity index (χ3n) is 5.32. The minimum Gasteiger partial charge on any atom is -0.493 e. The number of alkyl halides is 3. The molecule has 14 heteroatoms. The Morgan fingerprint density at radius 2 is 1.80 bits per heavy atom. The lowest BCUT2D eigenvalue weighted by molar-refractivity contribution is 0.108. The molecule has 10 nitrogen and oxygen atoms in total. The molecule has 0 saturated carbocycles. The van der Waals surface area contributed by atoms with E-state index >= 15 is 0 Å². The molecule has 0 fully saturated rings. The second-order valence-electron chi connectivity index (χ2n) is 7.42. The zero-order valence-corrected chi connectivity index (χ0v) is 20.3. The summed E-state index contributed by atoms with van der Waals surface area (Å²) in [4.78, 5) is 2.06. The van der Waals surface area contributed by atoms with Crippen molar-refractivity contribution in [3.8, 4) is 28.7 Å². The summed E-state index contributed by atoms with van der Waals surface area (Å²) in [7, 11) is 4.47. The average Bonchev–Trinajstić information content (AvgIpc) is 3.60. The lowest BCUT2D eigenvalue weighted by atomic mass is 10.2. The van der Waals surface area contributed by atoms with Crippen LogP contribution < -0.4 is 34.2 Å². The number of ether oxygens (including phenoxy) is 5. The van der Waals surface area contributed by atoms with E-state index in [4.69, 9.17) is 35.3 Å². The van der Waals surface area contributed by atoms with E-state index in [9.17, 15) is 8.78 Å². The molecule has 3 aliphatic heterocycles. The van der Waals surface area contributed by atoms with Crippen LogP contribution in [-0.4, -0.2) is 61.4 Å². The number of hydrogen-bond donors (Lipinski definition) is 1. The molecule has 1 unspecified atom stereocenters. The molecule has 3 heterocycles. The molecule has 0 spiro atoms. The van der Waals surface area contributed by atoms with Crippen LogP contribution in [0.3, 0.4) is 0 Å². The number of hydrogen-bond acceptors (Lipinski definition) is 11. The van der Waals surface area contributed by atoms with Crippen molar-refractivity contribution < 1.29 is 32.5 Å². The molecule has 2 aromatic rings. The van der Waals surface area contributed by atoms with Crippen LogP contribution in [0.5, 0.6) is 28.7 Å². The third kappa shape index (κ3) is 4.08. The Bertz CT molecular complexity index is 1190. The smallest absolute Gasteiger partial charge is 0.277 e. The van der Waals surface area contributed by atoms with Gasteiger partial charge in [0.05, 0.1) is 27.0 Å². The molecular formula is C21H20ClF2N5O5S. The van der Waals surface area contributed by atoms with Crippen molar-refractivity contribution in [1.29, 1.82) is 0 Å². The summed E-state index contributed by atoms with van der Waals surface area (Å²) in [5.41, 5.74) is 4.27. The van der Waals surface area contributed by atoms with Crippen LogP contribution in [-0.2, 0) is 0 Å². The minimum absolute atomic E-state index is 0.109. The molecule has 0 saturated heterocycles. The van der Waals surface area contributed by atoms with Crippen LogP contribution in [0.4, 0.5) is 14.5 Å². The lowest BCUT2D eigenvalue weighted by Gasteiger charge is -2.27. The number of benzene rings is 2. The first-order valence-electron chi connectivity index (χ1n) is 10.2. The van der Waals surface area contributed by atoms with Crippen molar-refractivity contribution in [3.63, 3.8) is 0 Å². The van der Waals surface area contributed by atoms with E-state index in [1.165, 1.54) is 31.6 Å². The Morgan fingerprint density at radius 3 is 2.43 bits per heavy atom. The van der Waals surface area contributed by atoms with Gasteiger partial charge in [0.1, 0.15) is 0 Å². The summed E-state index contributed by atoms with van der Waals surface area (Å²) in [6, 6.07) is 8.66. The third-order valence-corrected chi connectivity index (χ3v) is 6.97. The number of anilines is 1. The number of thioether (sulfide) groups is 1. The Morgan fingerprint density at radius 1 is 1.09 bits per heavy atom.